The fourth-order valence-corrected chi connectivity index (χ4v) is 1.38. The molecule has 0 aliphatic heterocycles. The third kappa shape index (κ3) is 4.04. The molecule has 0 atom stereocenters. The van der Waals surface area contributed by atoms with Crippen molar-refractivity contribution in [2.24, 2.45) is 0 Å². The zero-order valence-corrected chi connectivity index (χ0v) is 9.75. The third-order valence-electron chi connectivity index (χ3n) is 1.89. The first-order chi connectivity index (χ1) is 7.63. The number of nitrogens with one attached hydrogen (secondary N) is 1. The summed E-state index contributed by atoms with van der Waals surface area (Å²) in [5, 5.41) is 2.94. The van der Waals surface area contributed by atoms with Crippen LogP contribution in [0.25, 0.3) is 0 Å². The lowest BCUT2D eigenvalue weighted by Crippen LogP contribution is -2.25. The van der Waals surface area contributed by atoms with Gasteiger partial charge in [-0.25, -0.2) is 4.98 Å². The number of methoxy groups -OCH3 is 1. The van der Waals surface area contributed by atoms with Crippen LogP contribution in [-0.4, -0.2) is 31.2 Å². The monoisotopic (exact) mass is 243 g/mol. The lowest BCUT2D eigenvalue weighted by atomic mass is 10.2. The number of hydrogen-bond donors (Lipinski definition) is 2. The molecule has 3 N–H and O–H groups in total. The average Bonchev–Trinajstić information content (AvgIpc) is 2.22. The van der Waals surface area contributed by atoms with Crippen molar-refractivity contribution < 1.29 is 9.53 Å². The predicted octanol–water partition coefficient (Wildman–Crippen LogP) is 1.08. The number of carbonyl (C=O) groups is 1. The second-order valence-electron chi connectivity index (χ2n) is 3.21. The van der Waals surface area contributed by atoms with Gasteiger partial charge in [0.05, 0.1) is 0 Å². The van der Waals surface area contributed by atoms with Crippen LogP contribution in [-0.2, 0) is 4.74 Å². The van der Waals surface area contributed by atoms with Crippen molar-refractivity contribution in [1.82, 2.24) is 10.3 Å². The van der Waals surface area contributed by atoms with Crippen molar-refractivity contribution >= 4 is 23.3 Å². The van der Waals surface area contributed by atoms with Gasteiger partial charge in [0.25, 0.3) is 5.91 Å². The molecule has 0 spiro atoms. The van der Waals surface area contributed by atoms with Crippen molar-refractivity contribution in [2.45, 2.75) is 6.42 Å². The standard InChI is InChI=1S/C10H14ClN3O2/c1-16-4-2-3-13-10(15)7-5-8(11)14-9(12)6-7/h5-6H,2-4H2,1H3,(H2,12,14)(H,13,15). The molecule has 1 aromatic heterocycles. The minimum Gasteiger partial charge on any atom is -0.385 e. The fraction of sp³-hybridized carbons (Fsp3) is 0.400. The summed E-state index contributed by atoms with van der Waals surface area (Å²) in [6.07, 6.45) is 0.760. The van der Waals surface area contributed by atoms with Gasteiger partial charge in [-0.15, -0.1) is 0 Å². The van der Waals surface area contributed by atoms with E-state index in [1.165, 1.54) is 12.1 Å². The molecule has 0 fully saturated rings. The van der Waals surface area contributed by atoms with Gasteiger partial charge >= 0.3 is 0 Å². The van der Waals surface area contributed by atoms with Crippen LogP contribution in [0, 0.1) is 0 Å². The van der Waals surface area contributed by atoms with E-state index in [4.69, 9.17) is 22.1 Å². The summed E-state index contributed by atoms with van der Waals surface area (Å²) in [7, 11) is 1.62. The molecule has 6 heteroatoms. The average molecular weight is 244 g/mol. The number of pyridine rings is 1. The molecule has 1 aromatic rings. The molecule has 0 bridgehead atoms. The predicted molar refractivity (Wildman–Crippen MR) is 62.5 cm³/mol. The van der Waals surface area contributed by atoms with Gasteiger partial charge in [0.2, 0.25) is 0 Å². The largest absolute Gasteiger partial charge is 0.385 e. The SMILES string of the molecule is COCCCNC(=O)c1cc(N)nc(Cl)c1. The molecule has 0 aliphatic rings. The summed E-state index contributed by atoms with van der Waals surface area (Å²) in [5.74, 6) is 0.0154. The quantitative estimate of drug-likeness (QED) is 0.599. The number of carbonyl (C=O) groups excluding carboxylic acids is 1. The van der Waals surface area contributed by atoms with Crippen LogP contribution in [0.3, 0.4) is 0 Å². The van der Waals surface area contributed by atoms with E-state index >= 15 is 0 Å². The van der Waals surface area contributed by atoms with Gasteiger partial charge in [-0.2, -0.15) is 0 Å². The Morgan fingerprint density at radius 3 is 3.00 bits per heavy atom. The van der Waals surface area contributed by atoms with E-state index in [2.05, 4.69) is 10.3 Å². The van der Waals surface area contributed by atoms with E-state index in [0.717, 1.165) is 6.42 Å². The maximum absolute atomic E-state index is 11.6. The summed E-state index contributed by atoms with van der Waals surface area (Å²) < 4.78 is 4.87. The second kappa shape index (κ2) is 6.30. The molecular weight excluding hydrogens is 230 g/mol. The highest BCUT2D eigenvalue weighted by molar-refractivity contribution is 6.29. The van der Waals surface area contributed by atoms with Crippen LogP contribution in [0.5, 0.6) is 0 Å². The number of nitrogen functional groups attached to an aromatic ring is 1. The zero-order chi connectivity index (χ0) is 12.0. The molecule has 88 valence electrons. The highest BCUT2D eigenvalue weighted by atomic mass is 35.5. The highest BCUT2D eigenvalue weighted by Gasteiger charge is 2.07. The lowest BCUT2D eigenvalue weighted by Gasteiger charge is -2.05. The van der Waals surface area contributed by atoms with Crippen LogP contribution in [0.15, 0.2) is 12.1 Å². The maximum Gasteiger partial charge on any atom is 0.251 e. The highest BCUT2D eigenvalue weighted by Crippen LogP contribution is 2.11. The Labute approximate surface area is 98.9 Å². The van der Waals surface area contributed by atoms with E-state index < -0.39 is 0 Å². The Kier molecular flexibility index (Phi) is 5.01. The van der Waals surface area contributed by atoms with Gasteiger partial charge in [0.1, 0.15) is 11.0 Å². The summed E-state index contributed by atoms with van der Waals surface area (Å²) in [6, 6.07) is 2.96. The molecule has 0 radical (unpaired) electrons. The van der Waals surface area contributed by atoms with E-state index in [0.29, 0.717) is 18.7 Å². The number of ether oxygens (including phenoxy) is 1. The van der Waals surface area contributed by atoms with Crippen LogP contribution in [0.1, 0.15) is 16.8 Å². The Bertz CT molecular complexity index is 351. The van der Waals surface area contributed by atoms with Crippen molar-refractivity contribution in [1.29, 1.82) is 0 Å². The number of hydrogen-bond acceptors (Lipinski definition) is 4. The minimum atomic E-state index is -0.216. The molecule has 16 heavy (non-hydrogen) atoms. The van der Waals surface area contributed by atoms with Crippen molar-refractivity contribution in [2.75, 3.05) is 26.0 Å². The summed E-state index contributed by atoms with van der Waals surface area (Å²) in [4.78, 5) is 15.4. The van der Waals surface area contributed by atoms with E-state index in [9.17, 15) is 4.79 Å². The van der Waals surface area contributed by atoms with Crippen molar-refractivity contribution in [3.63, 3.8) is 0 Å². The van der Waals surface area contributed by atoms with Crippen LogP contribution in [0.4, 0.5) is 5.82 Å². The van der Waals surface area contributed by atoms with Crippen molar-refractivity contribution in [3.8, 4) is 0 Å². The second-order valence-corrected chi connectivity index (χ2v) is 3.59. The fourth-order valence-electron chi connectivity index (χ4n) is 1.17. The number of nitrogens with two attached hydrogens (primary N) is 1. The zero-order valence-electron chi connectivity index (χ0n) is 9.00. The number of rotatable bonds is 5. The smallest absolute Gasteiger partial charge is 0.251 e. The summed E-state index contributed by atoms with van der Waals surface area (Å²) in [6.45, 7) is 1.16. The molecule has 1 heterocycles. The summed E-state index contributed by atoms with van der Waals surface area (Å²) in [5.41, 5.74) is 5.89. The Balaban J connectivity index is 2.52. The molecular formula is C10H14ClN3O2. The van der Waals surface area contributed by atoms with Crippen molar-refractivity contribution in [3.05, 3.63) is 22.8 Å². The third-order valence-corrected chi connectivity index (χ3v) is 2.08. The van der Waals surface area contributed by atoms with E-state index in [1.54, 1.807) is 7.11 Å². The number of anilines is 1. The van der Waals surface area contributed by atoms with Crippen LogP contribution < -0.4 is 11.1 Å². The van der Waals surface area contributed by atoms with Gasteiger partial charge in [-0.1, -0.05) is 11.6 Å². The van der Waals surface area contributed by atoms with Gasteiger partial charge in [0, 0.05) is 25.8 Å². The maximum atomic E-state index is 11.6. The molecule has 0 aromatic carbocycles. The van der Waals surface area contributed by atoms with Gasteiger partial charge in [-0.05, 0) is 18.6 Å². The van der Waals surface area contributed by atoms with Crippen LogP contribution in [0.2, 0.25) is 5.15 Å². The number of nitrogens with zero attached hydrogens (tertiary/aromatic N) is 1. The first-order valence-electron chi connectivity index (χ1n) is 4.83. The first-order valence-corrected chi connectivity index (χ1v) is 5.21. The molecule has 0 saturated carbocycles. The molecule has 5 nitrogen and oxygen atoms in total. The Morgan fingerprint density at radius 1 is 1.62 bits per heavy atom. The van der Waals surface area contributed by atoms with E-state index in [-0.39, 0.29) is 16.9 Å². The molecule has 0 unspecified atom stereocenters. The van der Waals surface area contributed by atoms with Crippen LogP contribution >= 0.6 is 11.6 Å². The molecule has 0 saturated heterocycles. The number of amides is 1. The minimum absolute atomic E-state index is 0.210. The number of halogens is 1. The number of aromatic nitrogens is 1. The van der Waals surface area contributed by atoms with Gasteiger partial charge in [-0.3, -0.25) is 4.79 Å². The lowest BCUT2D eigenvalue weighted by molar-refractivity contribution is 0.0948. The summed E-state index contributed by atoms with van der Waals surface area (Å²) >= 11 is 5.69. The normalized spacial score (nSPS) is 10.1. The Hall–Kier alpha value is -1.33. The molecule has 1 amide bonds. The Morgan fingerprint density at radius 2 is 2.38 bits per heavy atom. The molecule has 0 aliphatic carbocycles. The van der Waals surface area contributed by atoms with Gasteiger partial charge in [0.15, 0.2) is 0 Å². The topological polar surface area (TPSA) is 77.2 Å². The molecule has 1 rings (SSSR count). The van der Waals surface area contributed by atoms with E-state index in [1.807, 2.05) is 0 Å². The first kappa shape index (κ1) is 12.7. The van der Waals surface area contributed by atoms with Gasteiger partial charge < -0.3 is 15.8 Å².